The molecule has 14 rings (SSSR count). The van der Waals surface area contributed by atoms with E-state index in [9.17, 15) is 0 Å². The van der Waals surface area contributed by atoms with E-state index in [1.54, 1.807) is 0 Å². The highest BCUT2D eigenvalue weighted by Crippen LogP contribution is 2.67. The topological polar surface area (TPSA) is 11.4 Å². The summed E-state index contributed by atoms with van der Waals surface area (Å²) < 4.78 is 2.41. The summed E-state index contributed by atoms with van der Waals surface area (Å²) >= 11 is 0. The molecular weight excluding hydrogens is 823 g/mol. The molecule has 0 N–H and O–H groups in total. The van der Waals surface area contributed by atoms with Crippen molar-refractivity contribution in [1.29, 1.82) is 0 Å². The van der Waals surface area contributed by atoms with E-state index in [1.165, 1.54) is 77.3 Å². The summed E-state index contributed by atoms with van der Waals surface area (Å²) in [5, 5.41) is 4.93. The Morgan fingerprint density at radius 1 is 0.309 bits per heavy atom. The number of fused-ring (bicyclic) bond motifs is 15. The van der Waals surface area contributed by atoms with Crippen molar-refractivity contribution in [2.45, 2.75) is 5.41 Å². The molecule has 1 heterocycles. The van der Waals surface area contributed by atoms with E-state index in [4.69, 9.17) is 0 Å². The van der Waals surface area contributed by atoms with E-state index in [0.717, 1.165) is 39.6 Å². The fourth-order valence-corrected chi connectivity index (χ4v) is 11.9. The average Bonchev–Trinajstić information content (AvgIpc) is 4.02. The molecule has 1 aromatic heterocycles. The SMILES string of the molecule is c1ccc(N(c2ccc3c(c2)C2(c4ccccc4-3)c3ccccc3-c3c2c(N(c2ccccc2)c2ccccc2)cc2ccccc32)c2ccc3c4ccccc4n(-c4ccccc4)c3c2)cc1. The number of rotatable bonds is 7. The molecule has 12 aromatic rings. The minimum Gasteiger partial charge on any atom is -0.310 e. The Labute approximate surface area is 395 Å². The number of benzene rings is 11. The Morgan fingerprint density at radius 3 is 1.51 bits per heavy atom. The van der Waals surface area contributed by atoms with Crippen LogP contribution >= 0.6 is 0 Å². The molecule has 0 bridgehead atoms. The van der Waals surface area contributed by atoms with Crippen LogP contribution in [0.3, 0.4) is 0 Å². The molecule has 2 aliphatic rings. The maximum absolute atomic E-state index is 2.51. The van der Waals surface area contributed by atoms with Crippen molar-refractivity contribution in [3.63, 3.8) is 0 Å². The van der Waals surface area contributed by atoms with Gasteiger partial charge in [-0.15, -0.1) is 0 Å². The Kier molecular flexibility index (Phi) is 8.50. The molecule has 1 unspecified atom stereocenters. The van der Waals surface area contributed by atoms with Gasteiger partial charge in [-0.2, -0.15) is 0 Å². The molecule has 68 heavy (non-hydrogen) atoms. The van der Waals surface area contributed by atoms with Crippen LogP contribution in [0.2, 0.25) is 0 Å². The van der Waals surface area contributed by atoms with Crippen LogP contribution in [0, 0.1) is 0 Å². The molecule has 1 atom stereocenters. The van der Waals surface area contributed by atoms with Crippen molar-refractivity contribution < 1.29 is 0 Å². The molecule has 0 radical (unpaired) electrons. The number of hydrogen-bond acceptors (Lipinski definition) is 2. The van der Waals surface area contributed by atoms with Crippen LogP contribution in [0.5, 0.6) is 0 Å². The van der Waals surface area contributed by atoms with Crippen molar-refractivity contribution in [1.82, 2.24) is 4.57 Å². The van der Waals surface area contributed by atoms with Gasteiger partial charge >= 0.3 is 0 Å². The zero-order valence-electron chi connectivity index (χ0n) is 37.2. The first-order valence-electron chi connectivity index (χ1n) is 23.5. The minimum absolute atomic E-state index is 0.666. The van der Waals surface area contributed by atoms with E-state index in [0.29, 0.717) is 0 Å². The van der Waals surface area contributed by atoms with Crippen LogP contribution in [-0.2, 0) is 5.41 Å². The zero-order chi connectivity index (χ0) is 44.8. The van der Waals surface area contributed by atoms with E-state index in [2.05, 4.69) is 275 Å². The molecule has 318 valence electrons. The lowest BCUT2D eigenvalue weighted by Crippen LogP contribution is -2.28. The number of anilines is 6. The van der Waals surface area contributed by atoms with Gasteiger partial charge in [0, 0.05) is 50.5 Å². The average molecular weight is 866 g/mol. The second-order valence-electron chi connectivity index (χ2n) is 18.0. The highest BCUT2D eigenvalue weighted by atomic mass is 15.2. The predicted molar refractivity (Wildman–Crippen MR) is 284 cm³/mol. The van der Waals surface area contributed by atoms with Gasteiger partial charge in [-0.1, -0.05) is 176 Å². The van der Waals surface area contributed by atoms with Crippen molar-refractivity contribution in [2.24, 2.45) is 0 Å². The molecule has 0 aliphatic heterocycles. The third kappa shape index (κ3) is 5.47. The second kappa shape index (κ2) is 15.1. The lowest BCUT2D eigenvalue weighted by Gasteiger charge is -2.36. The normalized spacial score (nSPS) is 14.2. The summed E-state index contributed by atoms with van der Waals surface area (Å²) in [7, 11) is 0. The standard InChI is InChI=1S/C65H43N3/c1-5-22-45(23-6-1)66(50-38-40-55-54-32-17-20-36-60(54)68(61(55)43-50)48-28-11-4-12-29-48)49-37-39-53-52-31-15-18-34-57(52)65(59(53)42-49)58-35-19-16-33-56(58)63-51-30-14-13-21-44(51)41-62(64(63)65)67(46-24-7-2-8-25-46)47-26-9-3-10-27-47/h1-43H. The van der Waals surface area contributed by atoms with Crippen molar-refractivity contribution in [3.05, 3.63) is 283 Å². The Hall–Kier alpha value is -8.92. The summed E-state index contributed by atoms with van der Waals surface area (Å²) in [5.74, 6) is 0. The summed E-state index contributed by atoms with van der Waals surface area (Å²) in [6.45, 7) is 0. The largest absolute Gasteiger partial charge is 0.310 e. The Morgan fingerprint density at radius 2 is 0.809 bits per heavy atom. The van der Waals surface area contributed by atoms with Gasteiger partial charge in [0.15, 0.2) is 0 Å². The van der Waals surface area contributed by atoms with Crippen LogP contribution in [0.15, 0.2) is 261 Å². The van der Waals surface area contributed by atoms with Gasteiger partial charge in [0.1, 0.15) is 0 Å². The molecule has 0 saturated carbocycles. The summed E-state index contributed by atoms with van der Waals surface area (Å²) in [6.07, 6.45) is 0. The van der Waals surface area contributed by atoms with Gasteiger partial charge in [0.25, 0.3) is 0 Å². The highest BCUT2D eigenvalue weighted by molar-refractivity contribution is 6.12. The zero-order valence-corrected chi connectivity index (χ0v) is 37.2. The number of nitrogens with zero attached hydrogens (tertiary/aromatic N) is 3. The molecule has 1 spiro atoms. The molecule has 3 nitrogen and oxygen atoms in total. The van der Waals surface area contributed by atoms with Crippen LogP contribution in [0.25, 0.3) is 60.5 Å². The number of aromatic nitrogens is 1. The molecule has 0 amide bonds. The fraction of sp³-hybridized carbons (Fsp3) is 0.0154. The first kappa shape index (κ1) is 38.4. The third-order valence-corrected chi connectivity index (χ3v) is 14.5. The van der Waals surface area contributed by atoms with E-state index in [-0.39, 0.29) is 0 Å². The van der Waals surface area contributed by atoms with Crippen molar-refractivity contribution in [2.75, 3.05) is 9.80 Å². The molecule has 0 saturated heterocycles. The van der Waals surface area contributed by atoms with E-state index < -0.39 is 5.41 Å². The van der Waals surface area contributed by atoms with Crippen LogP contribution < -0.4 is 9.80 Å². The van der Waals surface area contributed by atoms with Gasteiger partial charge in [-0.05, 0) is 135 Å². The smallest absolute Gasteiger partial charge is 0.0747 e. The van der Waals surface area contributed by atoms with Gasteiger partial charge in [0.05, 0.1) is 22.1 Å². The van der Waals surface area contributed by atoms with Crippen LogP contribution in [-0.4, -0.2) is 4.57 Å². The van der Waals surface area contributed by atoms with Crippen LogP contribution in [0.1, 0.15) is 22.3 Å². The Bertz CT molecular complexity index is 3870. The molecule has 2 aliphatic carbocycles. The quantitative estimate of drug-likeness (QED) is 0.158. The maximum Gasteiger partial charge on any atom is 0.0747 e. The molecule has 11 aromatic carbocycles. The number of para-hydroxylation sites is 5. The lowest BCUT2D eigenvalue weighted by atomic mass is 9.69. The van der Waals surface area contributed by atoms with Crippen LogP contribution in [0.4, 0.5) is 34.1 Å². The first-order chi connectivity index (χ1) is 33.8. The number of hydrogen-bond donors (Lipinski definition) is 0. The molecule has 3 heteroatoms. The molecular formula is C65H43N3. The summed E-state index contributed by atoms with van der Waals surface area (Å²) in [4.78, 5) is 4.94. The van der Waals surface area contributed by atoms with Gasteiger partial charge in [-0.25, -0.2) is 0 Å². The highest BCUT2D eigenvalue weighted by Gasteiger charge is 2.54. The summed E-state index contributed by atoms with van der Waals surface area (Å²) in [6, 6.07) is 96.2. The predicted octanol–water partition coefficient (Wildman–Crippen LogP) is 17.2. The molecule has 0 fully saturated rings. The van der Waals surface area contributed by atoms with E-state index in [1.807, 2.05) is 0 Å². The Balaban J connectivity index is 1.08. The van der Waals surface area contributed by atoms with Crippen molar-refractivity contribution in [3.8, 4) is 27.9 Å². The monoisotopic (exact) mass is 865 g/mol. The van der Waals surface area contributed by atoms with Crippen molar-refractivity contribution >= 4 is 66.7 Å². The lowest BCUT2D eigenvalue weighted by molar-refractivity contribution is 0.793. The second-order valence-corrected chi connectivity index (χ2v) is 18.0. The fourth-order valence-electron chi connectivity index (χ4n) is 11.9. The van der Waals surface area contributed by atoms with E-state index >= 15 is 0 Å². The van der Waals surface area contributed by atoms with Gasteiger partial charge < -0.3 is 14.4 Å². The van der Waals surface area contributed by atoms with Gasteiger partial charge in [-0.3, -0.25) is 0 Å². The maximum atomic E-state index is 2.51. The van der Waals surface area contributed by atoms with Gasteiger partial charge in [0.2, 0.25) is 0 Å². The first-order valence-corrected chi connectivity index (χ1v) is 23.5. The minimum atomic E-state index is -0.666. The summed E-state index contributed by atoms with van der Waals surface area (Å²) in [5.41, 5.74) is 19.8. The third-order valence-electron chi connectivity index (χ3n) is 14.5.